The molecule has 0 saturated heterocycles. The Hall–Kier alpha value is -1.60. The van der Waals surface area contributed by atoms with Crippen molar-refractivity contribution in [1.82, 2.24) is 0 Å². The Morgan fingerprint density at radius 1 is 0.842 bits per heavy atom. The summed E-state index contributed by atoms with van der Waals surface area (Å²) in [5, 5.41) is 0. The van der Waals surface area contributed by atoms with E-state index in [2.05, 4.69) is 67.6 Å². The highest BCUT2D eigenvalue weighted by Gasteiger charge is 2.03. The van der Waals surface area contributed by atoms with Gasteiger partial charge in [0.1, 0.15) is 0 Å². The number of ether oxygens (including phenoxy) is 1. The van der Waals surface area contributed by atoms with E-state index in [0.717, 1.165) is 25.9 Å². The highest BCUT2D eigenvalue weighted by molar-refractivity contribution is 5.15. The molecule has 0 aliphatic carbocycles. The lowest BCUT2D eigenvalue weighted by molar-refractivity contribution is 0.0648. The van der Waals surface area contributed by atoms with Gasteiger partial charge in [-0.2, -0.15) is 0 Å². The summed E-state index contributed by atoms with van der Waals surface area (Å²) in [4.78, 5) is 0. The molecule has 0 radical (unpaired) electrons. The molecular weight excluding hydrogens is 232 g/mol. The summed E-state index contributed by atoms with van der Waals surface area (Å²) < 4.78 is 5.87. The van der Waals surface area contributed by atoms with E-state index in [1.807, 2.05) is 0 Å². The van der Waals surface area contributed by atoms with Crippen LogP contribution in [0.5, 0.6) is 0 Å². The maximum atomic E-state index is 5.87. The van der Waals surface area contributed by atoms with Gasteiger partial charge in [0.2, 0.25) is 0 Å². The predicted octanol–water partition coefficient (Wildman–Crippen LogP) is 4.27. The topological polar surface area (TPSA) is 9.23 Å². The first-order valence-corrected chi connectivity index (χ1v) is 7.04. The summed E-state index contributed by atoms with van der Waals surface area (Å²) >= 11 is 0. The largest absolute Gasteiger partial charge is 0.378 e. The molecule has 1 nitrogen and oxygen atoms in total. The first-order chi connectivity index (χ1) is 9.34. The minimum atomic E-state index is 0.290. The second-order valence-corrected chi connectivity index (χ2v) is 4.96. The van der Waals surface area contributed by atoms with Gasteiger partial charge < -0.3 is 4.74 Å². The predicted molar refractivity (Wildman–Crippen MR) is 80.3 cm³/mol. The van der Waals surface area contributed by atoms with E-state index in [0.29, 0.717) is 0 Å². The lowest BCUT2D eigenvalue weighted by Gasteiger charge is -2.13. The normalized spacial score (nSPS) is 12.3. The highest BCUT2D eigenvalue weighted by Crippen LogP contribution is 2.07. The molecule has 2 rings (SSSR count). The average molecular weight is 254 g/mol. The molecule has 0 spiro atoms. The Morgan fingerprint density at radius 2 is 1.42 bits per heavy atom. The SMILES string of the molecule is C[C@H](Cc1ccccc1)OCCCc1ccccc1. The van der Waals surface area contributed by atoms with Gasteiger partial charge in [0.25, 0.3) is 0 Å². The van der Waals surface area contributed by atoms with Gasteiger partial charge in [0.05, 0.1) is 6.10 Å². The van der Waals surface area contributed by atoms with Gasteiger partial charge in [-0.15, -0.1) is 0 Å². The molecule has 0 saturated carbocycles. The summed E-state index contributed by atoms with van der Waals surface area (Å²) in [7, 11) is 0. The van der Waals surface area contributed by atoms with Crippen molar-refractivity contribution in [1.29, 1.82) is 0 Å². The van der Waals surface area contributed by atoms with Gasteiger partial charge in [0, 0.05) is 6.61 Å². The fourth-order valence-electron chi connectivity index (χ4n) is 2.21. The Bertz CT molecular complexity index is 450. The fourth-order valence-corrected chi connectivity index (χ4v) is 2.21. The Balaban J connectivity index is 1.63. The summed E-state index contributed by atoms with van der Waals surface area (Å²) in [6, 6.07) is 21.1. The van der Waals surface area contributed by atoms with Crippen LogP contribution in [0.25, 0.3) is 0 Å². The molecule has 0 aromatic heterocycles. The second-order valence-electron chi connectivity index (χ2n) is 4.96. The molecule has 0 N–H and O–H groups in total. The molecule has 0 bridgehead atoms. The molecule has 2 aromatic carbocycles. The lowest BCUT2D eigenvalue weighted by Crippen LogP contribution is -2.12. The van der Waals surface area contributed by atoms with Crippen molar-refractivity contribution in [2.45, 2.75) is 32.3 Å². The minimum absolute atomic E-state index is 0.290. The molecule has 2 aromatic rings. The van der Waals surface area contributed by atoms with Crippen LogP contribution in [0.4, 0.5) is 0 Å². The third-order valence-electron chi connectivity index (χ3n) is 3.22. The van der Waals surface area contributed by atoms with Gasteiger partial charge >= 0.3 is 0 Å². The summed E-state index contributed by atoms with van der Waals surface area (Å²) in [6.45, 7) is 2.98. The molecule has 0 unspecified atom stereocenters. The summed E-state index contributed by atoms with van der Waals surface area (Å²) in [5.41, 5.74) is 2.74. The summed E-state index contributed by atoms with van der Waals surface area (Å²) in [5.74, 6) is 0. The third-order valence-corrected chi connectivity index (χ3v) is 3.22. The first kappa shape index (κ1) is 13.8. The van der Waals surface area contributed by atoms with E-state index in [1.54, 1.807) is 0 Å². The van der Waals surface area contributed by atoms with Crippen LogP contribution in [-0.4, -0.2) is 12.7 Å². The molecule has 0 fully saturated rings. The van der Waals surface area contributed by atoms with Gasteiger partial charge in [0.15, 0.2) is 0 Å². The van der Waals surface area contributed by atoms with E-state index in [-0.39, 0.29) is 6.10 Å². The molecule has 0 aliphatic heterocycles. The molecule has 0 amide bonds. The highest BCUT2D eigenvalue weighted by atomic mass is 16.5. The van der Waals surface area contributed by atoms with Crippen LogP contribution in [0.15, 0.2) is 60.7 Å². The van der Waals surface area contributed by atoms with Crippen molar-refractivity contribution < 1.29 is 4.74 Å². The van der Waals surface area contributed by atoms with Crippen molar-refractivity contribution in [3.8, 4) is 0 Å². The fraction of sp³-hybridized carbons (Fsp3) is 0.333. The number of benzene rings is 2. The molecule has 100 valence electrons. The molecule has 0 heterocycles. The van der Waals surface area contributed by atoms with Crippen LogP contribution in [0, 0.1) is 0 Å². The van der Waals surface area contributed by atoms with Crippen LogP contribution < -0.4 is 0 Å². The smallest absolute Gasteiger partial charge is 0.0587 e. The second kappa shape index (κ2) is 7.75. The van der Waals surface area contributed by atoms with Crippen molar-refractivity contribution >= 4 is 0 Å². The number of hydrogen-bond acceptors (Lipinski definition) is 1. The van der Waals surface area contributed by atoms with Gasteiger partial charge in [-0.3, -0.25) is 0 Å². The zero-order valence-corrected chi connectivity index (χ0v) is 11.6. The van der Waals surface area contributed by atoms with E-state index < -0.39 is 0 Å². The van der Waals surface area contributed by atoms with Crippen molar-refractivity contribution in [3.05, 3.63) is 71.8 Å². The van der Waals surface area contributed by atoms with Crippen molar-refractivity contribution in [3.63, 3.8) is 0 Å². The lowest BCUT2D eigenvalue weighted by atomic mass is 10.1. The maximum absolute atomic E-state index is 5.87. The molecule has 1 atom stereocenters. The van der Waals surface area contributed by atoms with E-state index >= 15 is 0 Å². The number of rotatable bonds is 7. The van der Waals surface area contributed by atoms with Crippen LogP contribution in [0.2, 0.25) is 0 Å². The molecule has 0 aliphatic rings. The van der Waals surface area contributed by atoms with Gasteiger partial charge in [-0.1, -0.05) is 60.7 Å². The Morgan fingerprint density at radius 3 is 2.05 bits per heavy atom. The van der Waals surface area contributed by atoms with Crippen LogP contribution in [0.1, 0.15) is 24.5 Å². The zero-order valence-electron chi connectivity index (χ0n) is 11.6. The van der Waals surface area contributed by atoms with Crippen molar-refractivity contribution in [2.24, 2.45) is 0 Å². The summed E-state index contributed by atoms with van der Waals surface area (Å²) in [6.07, 6.45) is 3.46. The van der Waals surface area contributed by atoms with Gasteiger partial charge in [-0.05, 0) is 37.3 Å². The number of aryl methyl sites for hydroxylation is 1. The molecule has 19 heavy (non-hydrogen) atoms. The Kier molecular flexibility index (Phi) is 5.64. The molecule has 1 heteroatoms. The van der Waals surface area contributed by atoms with Crippen LogP contribution >= 0.6 is 0 Å². The third kappa shape index (κ3) is 5.27. The monoisotopic (exact) mass is 254 g/mol. The standard InChI is InChI=1S/C18H22O/c1-16(15-18-11-6-3-7-12-18)19-14-8-13-17-9-4-2-5-10-17/h2-7,9-12,16H,8,13-15H2,1H3/t16-/m1/s1. The van der Waals surface area contributed by atoms with E-state index in [4.69, 9.17) is 4.74 Å². The first-order valence-electron chi connectivity index (χ1n) is 7.04. The minimum Gasteiger partial charge on any atom is -0.378 e. The maximum Gasteiger partial charge on any atom is 0.0587 e. The quantitative estimate of drug-likeness (QED) is 0.671. The van der Waals surface area contributed by atoms with E-state index in [1.165, 1.54) is 11.1 Å². The molecular formula is C18H22O. The Labute approximate surface area is 116 Å². The number of hydrogen-bond donors (Lipinski definition) is 0. The zero-order chi connectivity index (χ0) is 13.3. The van der Waals surface area contributed by atoms with Crippen molar-refractivity contribution in [2.75, 3.05) is 6.61 Å². The van der Waals surface area contributed by atoms with Crippen LogP contribution in [-0.2, 0) is 17.6 Å². The van der Waals surface area contributed by atoms with E-state index in [9.17, 15) is 0 Å². The van der Waals surface area contributed by atoms with Gasteiger partial charge in [-0.25, -0.2) is 0 Å². The average Bonchev–Trinajstić information content (AvgIpc) is 2.46. The van der Waals surface area contributed by atoms with Crippen LogP contribution in [0.3, 0.4) is 0 Å².